The topological polar surface area (TPSA) is 122 Å². The molecule has 1 unspecified atom stereocenters. The van der Waals surface area contributed by atoms with Crippen LogP contribution in [0.1, 0.15) is 34.1 Å². The van der Waals surface area contributed by atoms with Crippen molar-refractivity contribution < 1.29 is 18.4 Å². The van der Waals surface area contributed by atoms with Crippen molar-refractivity contribution >= 4 is 21.6 Å². The maximum absolute atomic E-state index is 12.1. The summed E-state index contributed by atoms with van der Waals surface area (Å²) >= 11 is 0. The molecule has 0 aliphatic heterocycles. The largest absolute Gasteiger partial charge is 0.409 e. The number of nitrogens with one attached hydrogen (secondary N) is 1. The number of amidine groups is 1. The third-order valence-corrected chi connectivity index (χ3v) is 5.71. The second-order valence-corrected chi connectivity index (χ2v) is 8.03. The van der Waals surface area contributed by atoms with E-state index in [-0.39, 0.29) is 12.4 Å². The lowest BCUT2D eigenvalue weighted by Gasteiger charge is -2.28. The van der Waals surface area contributed by atoms with Gasteiger partial charge in [0.2, 0.25) is 5.91 Å². The zero-order chi connectivity index (χ0) is 15.5. The Morgan fingerprint density at radius 2 is 1.84 bits per heavy atom. The Bertz CT molecular complexity index is 470. The van der Waals surface area contributed by atoms with E-state index < -0.39 is 25.9 Å². The van der Waals surface area contributed by atoms with E-state index in [1.54, 1.807) is 6.92 Å². The minimum atomic E-state index is -3.30. The van der Waals surface area contributed by atoms with E-state index in [9.17, 15) is 13.2 Å². The highest BCUT2D eigenvalue weighted by Crippen LogP contribution is 2.22. The molecule has 8 heteroatoms. The number of nitrogens with zero attached hydrogens (tertiary/aromatic N) is 1. The standard InChI is InChI=1S/C11H23N3O4S/c1-6-11(4,8(12)14-16)9(15)13-7-10(2,3)19(5,17)18/h16H,6-7H2,1-5H3,(H2,12,14)(H,13,15). The first-order chi connectivity index (χ1) is 8.42. The molecule has 0 spiro atoms. The van der Waals surface area contributed by atoms with Crippen molar-refractivity contribution in [2.24, 2.45) is 16.3 Å². The van der Waals surface area contributed by atoms with Gasteiger partial charge >= 0.3 is 0 Å². The van der Waals surface area contributed by atoms with Crippen molar-refractivity contribution in [2.45, 2.75) is 38.9 Å². The summed E-state index contributed by atoms with van der Waals surface area (Å²) in [7, 11) is -3.30. The molecule has 19 heavy (non-hydrogen) atoms. The third kappa shape index (κ3) is 3.82. The number of nitrogens with two attached hydrogens (primary N) is 1. The van der Waals surface area contributed by atoms with Crippen LogP contribution in [-0.2, 0) is 14.6 Å². The normalized spacial score (nSPS) is 16.8. The number of amides is 1. The number of hydrogen-bond donors (Lipinski definition) is 3. The SMILES string of the molecule is CCC(C)(C(=O)NCC(C)(C)S(C)(=O)=O)C(N)=NO. The maximum Gasteiger partial charge on any atom is 0.233 e. The van der Waals surface area contributed by atoms with Gasteiger partial charge in [0.15, 0.2) is 15.7 Å². The minimum Gasteiger partial charge on any atom is -0.409 e. The van der Waals surface area contributed by atoms with Crippen LogP contribution < -0.4 is 11.1 Å². The van der Waals surface area contributed by atoms with Crippen LogP contribution in [-0.4, -0.2) is 42.9 Å². The first-order valence-corrected chi connectivity index (χ1v) is 7.77. The van der Waals surface area contributed by atoms with Crippen LogP contribution >= 0.6 is 0 Å². The first kappa shape index (κ1) is 17.7. The van der Waals surface area contributed by atoms with Gasteiger partial charge in [-0.2, -0.15) is 0 Å². The monoisotopic (exact) mass is 293 g/mol. The van der Waals surface area contributed by atoms with Crippen LogP contribution in [0.4, 0.5) is 0 Å². The average molecular weight is 293 g/mol. The molecule has 0 rings (SSSR count). The predicted octanol–water partition coefficient (Wildman–Crippen LogP) is 0.0885. The van der Waals surface area contributed by atoms with Crippen molar-refractivity contribution in [1.29, 1.82) is 0 Å². The molecule has 0 saturated heterocycles. The lowest BCUT2D eigenvalue weighted by atomic mass is 9.85. The van der Waals surface area contributed by atoms with E-state index in [1.807, 2.05) is 0 Å². The van der Waals surface area contributed by atoms with Crippen LogP contribution in [0, 0.1) is 5.41 Å². The average Bonchev–Trinajstić information content (AvgIpc) is 2.32. The zero-order valence-corrected chi connectivity index (χ0v) is 12.8. The van der Waals surface area contributed by atoms with Crippen LogP contribution in [0.2, 0.25) is 0 Å². The fraction of sp³-hybridized carbons (Fsp3) is 0.818. The first-order valence-electron chi connectivity index (χ1n) is 5.88. The molecule has 0 aromatic heterocycles. The van der Waals surface area contributed by atoms with Crippen molar-refractivity contribution in [3.8, 4) is 0 Å². The molecule has 1 atom stereocenters. The van der Waals surface area contributed by atoms with E-state index in [2.05, 4.69) is 10.5 Å². The summed E-state index contributed by atoms with van der Waals surface area (Å²) in [6.45, 7) is 6.26. The van der Waals surface area contributed by atoms with Gasteiger partial charge in [0, 0.05) is 12.8 Å². The summed E-state index contributed by atoms with van der Waals surface area (Å²) < 4.78 is 22.0. The summed E-state index contributed by atoms with van der Waals surface area (Å²) in [5.74, 6) is -0.674. The van der Waals surface area contributed by atoms with Gasteiger partial charge in [-0.1, -0.05) is 12.1 Å². The highest BCUT2D eigenvalue weighted by Gasteiger charge is 2.38. The quantitative estimate of drug-likeness (QED) is 0.277. The Kier molecular flexibility index (Phi) is 5.37. The van der Waals surface area contributed by atoms with Gasteiger partial charge in [-0.15, -0.1) is 0 Å². The van der Waals surface area contributed by atoms with Crippen molar-refractivity contribution in [3.05, 3.63) is 0 Å². The van der Waals surface area contributed by atoms with Crippen molar-refractivity contribution in [2.75, 3.05) is 12.8 Å². The Morgan fingerprint density at radius 3 is 2.16 bits per heavy atom. The summed E-state index contributed by atoms with van der Waals surface area (Å²) in [6, 6.07) is 0. The summed E-state index contributed by atoms with van der Waals surface area (Å²) in [4.78, 5) is 12.1. The molecular weight excluding hydrogens is 270 g/mol. The zero-order valence-electron chi connectivity index (χ0n) is 12.0. The van der Waals surface area contributed by atoms with Gasteiger partial charge in [-0.3, -0.25) is 4.79 Å². The van der Waals surface area contributed by atoms with Gasteiger partial charge in [-0.05, 0) is 27.2 Å². The predicted molar refractivity (Wildman–Crippen MR) is 73.7 cm³/mol. The summed E-state index contributed by atoms with van der Waals surface area (Å²) in [6.07, 6.45) is 1.44. The van der Waals surface area contributed by atoms with Gasteiger partial charge in [0.25, 0.3) is 0 Å². The number of carbonyl (C=O) groups is 1. The fourth-order valence-corrected chi connectivity index (χ4v) is 1.52. The molecule has 0 aromatic rings. The van der Waals surface area contributed by atoms with Gasteiger partial charge in [-0.25, -0.2) is 8.42 Å². The van der Waals surface area contributed by atoms with E-state index >= 15 is 0 Å². The minimum absolute atomic E-state index is 0.0427. The summed E-state index contributed by atoms with van der Waals surface area (Å²) in [5.41, 5.74) is 4.34. The van der Waals surface area contributed by atoms with Crippen LogP contribution in [0.15, 0.2) is 5.16 Å². The van der Waals surface area contributed by atoms with Crippen LogP contribution in [0.5, 0.6) is 0 Å². The van der Waals surface area contributed by atoms with Gasteiger partial charge in [0.05, 0.1) is 4.75 Å². The number of hydrogen-bond acceptors (Lipinski definition) is 5. The summed E-state index contributed by atoms with van der Waals surface area (Å²) in [5, 5.41) is 14.1. The molecule has 4 N–H and O–H groups in total. The third-order valence-electron chi connectivity index (χ3n) is 3.56. The second-order valence-electron chi connectivity index (χ2n) is 5.39. The Labute approximate surface area is 114 Å². The van der Waals surface area contributed by atoms with Gasteiger partial charge in [0.1, 0.15) is 5.41 Å². The van der Waals surface area contributed by atoms with E-state index in [0.717, 1.165) is 6.26 Å². The molecule has 7 nitrogen and oxygen atoms in total. The van der Waals surface area contributed by atoms with Crippen LogP contribution in [0.3, 0.4) is 0 Å². The van der Waals surface area contributed by atoms with E-state index in [4.69, 9.17) is 10.9 Å². The molecule has 0 saturated carbocycles. The molecule has 0 aromatic carbocycles. The number of rotatable bonds is 6. The van der Waals surface area contributed by atoms with Crippen LogP contribution in [0.25, 0.3) is 0 Å². The van der Waals surface area contributed by atoms with Crippen molar-refractivity contribution in [1.82, 2.24) is 5.32 Å². The number of oxime groups is 1. The highest BCUT2D eigenvalue weighted by molar-refractivity contribution is 7.92. The molecule has 0 bridgehead atoms. The number of carbonyl (C=O) groups excluding carboxylic acids is 1. The highest BCUT2D eigenvalue weighted by atomic mass is 32.2. The molecule has 0 aliphatic carbocycles. The molecule has 112 valence electrons. The molecule has 0 fully saturated rings. The maximum atomic E-state index is 12.1. The Balaban J connectivity index is 5.00. The molecule has 1 amide bonds. The smallest absolute Gasteiger partial charge is 0.233 e. The lowest BCUT2D eigenvalue weighted by molar-refractivity contribution is -0.127. The second kappa shape index (κ2) is 5.77. The molecule has 0 radical (unpaired) electrons. The molecule has 0 aliphatic rings. The van der Waals surface area contributed by atoms with Gasteiger partial charge < -0.3 is 16.3 Å². The van der Waals surface area contributed by atoms with Crippen molar-refractivity contribution in [3.63, 3.8) is 0 Å². The number of sulfone groups is 1. The lowest BCUT2D eigenvalue weighted by Crippen LogP contribution is -2.52. The molecular formula is C11H23N3O4S. The van der Waals surface area contributed by atoms with E-state index in [0.29, 0.717) is 6.42 Å². The van der Waals surface area contributed by atoms with E-state index in [1.165, 1.54) is 20.8 Å². The molecule has 0 heterocycles. The Hall–Kier alpha value is -1.31. The fourth-order valence-electron chi connectivity index (χ4n) is 1.19. The Morgan fingerprint density at radius 1 is 1.37 bits per heavy atom.